The van der Waals surface area contributed by atoms with Gasteiger partial charge in [-0.2, -0.15) is 4.98 Å². The normalized spacial score (nSPS) is 13.7. The zero-order valence-electron chi connectivity index (χ0n) is 16.7. The number of hydroxylamine groups is 1. The number of benzene rings is 1. The second kappa shape index (κ2) is 11.3. The molecule has 1 aliphatic heterocycles. The van der Waals surface area contributed by atoms with Crippen molar-refractivity contribution in [2.75, 3.05) is 48.4 Å². The number of unbranched alkanes of at least 4 members (excludes halogenated alkanes) is 2. The van der Waals surface area contributed by atoms with Crippen LogP contribution < -0.4 is 21.0 Å². The summed E-state index contributed by atoms with van der Waals surface area (Å²) < 4.78 is 19.4. The van der Waals surface area contributed by atoms with Gasteiger partial charge in [0, 0.05) is 37.4 Å². The topological polar surface area (TPSA) is 112 Å². The summed E-state index contributed by atoms with van der Waals surface area (Å²) in [6.07, 6.45) is 3.55. The standard InChI is InChI=1S/C20H27FN6O3/c21-17-14-23-20(25-19(17)22-9-3-1-2-4-18(28)26-29)24-15-5-7-16(8-6-15)27-10-12-30-13-11-27/h5-8,14,29H,1-4,9-13H2,(H,26,28)(H2,22,23,24,25). The summed E-state index contributed by atoms with van der Waals surface area (Å²) in [5.41, 5.74) is 3.54. The van der Waals surface area contributed by atoms with Crippen molar-refractivity contribution in [1.29, 1.82) is 0 Å². The maximum atomic E-state index is 14.0. The number of carbonyl (C=O) groups is 1. The van der Waals surface area contributed by atoms with Gasteiger partial charge in [-0.1, -0.05) is 6.42 Å². The molecule has 2 aromatic rings. The van der Waals surface area contributed by atoms with Crippen LogP contribution in [0.3, 0.4) is 0 Å². The molecule has 0 bridgehead atoms. The quantitative estimate of drug-likeness (QED) is 0.265. The number of hydrogen-bond acceptors (Lipinski definition) is 8. The number of rotatable bonds is 10. The molecule has 0 atom stereocenters. The zero-order valence-corrected chi connectivity index (χ0v) is 16.7. The first kappa shape index (κ1) is 21.7. The average Bonchev–Trinajstić information content (AvgIpc) is 2.79. The Bertz CT molecular complexity index is 815. The van der Waals surface area contributed by atoms with E-state index >= 15 is 0 Å². The Labute approximate surface area is 174 Å². The van der Waals surface area contributed by atoms with E-state index in [0.29, 0.717) is 18.9 Å². The molecule has 0 aliphatic carbocycles. The van der Waals surface area contributed by atoms with Gasteiger partial charge in [-0.25, -0.2) is 14.9 Å². The maximum absolute atomic E-state index is 14.0. The fourth-order valence-corrected chi connectivity index (χ4v) is 3.11. The van der Waals surface area contributed by atoms with Crippen molar-refractivity contribution >= 4 is 29.0 Å². The van der Waals surface area contributed by atoms with Crippen LogP contribution in [0.2, 0.25) is 0 Å². The largest absolute Gasteiger partial charge is 0.378 e. The molecule has 0 spiro atoms. The first-order chi connectivity index (χ1) is 14.7. The summed E-state index contributed by atoms with van der Waals surface area (Å²) in [4.78, 5) is 21.4. The number of anilines is 4. The molecule has 4 N–H and O–H groups in total. The van der Waals surface area contributed by atoms with Crippen LogP contribution in [0.15, 0.2) is 30.5 Å². The molecule has 0 unspecified atom stereocenters. The highest BCUT2D eigenvalue weighted by Gasteiger charge is 2.11. The molecule has 2 heterocycles. The van der Waals surface area contributed by atoms with Gasteiger partial charge in [0.25, 0.3) is 0 Å². The SMILES string of the molecule is O=C(CCCCCNc1nc(Nc2ccc(N3CCOCC3)cc2)ncc1F)NO. The zero-order chi connectivity index (χ0) is 21.2. The van der Waals surface area contributed by atoms with Gasteiger partial charge in [-0.15, -0.1) is 0 Å². The molecule has 1 fully saturated rings. The molecule has 10 heteroatoms. The molecule has 1 aromatic heterocycles. The lowest BCUT2D eigenvalue weighted by molar-refractivity contribution is -0.129. The lowest BCUT2D eigenvalue weighted by Gasteiger charge is -2.28. The first-order valence-electron chi connectivity index (χ1n) is 10.0. The summed E-state index contributed by atoms with van der Waals surface area (Å²) in [6, 6.07) is 7.92. The second-order valence-corrected chi connectivity index (χ2v) is 6.93. The summed E-state index contributed by atoms with van der Waals surface area (Å²) in [5.74, 6) is -0.496. The number of morpholine rings is 1. The highest BCUT2D eigenvalue weighted by Crippen LogP contribution is 2.21. The van der Waals surface area contributed by atoms with Gasteiger partial charge in [-0.05, 0) is 37.1 Å². The summed E-state index contributed by atoms with van der Waals surface area (Å²) >= 11 is 0. The van der Waals surface area contributed by atoms with Crippen LogP contribution >= 0.6 is 0 Å². The van der Waals surface area contributed by atoms with E-state index in [0.717, 1.165) is 56.7 Å². The third kappa shape index (κ3) is 6.53. The molecule has 30 heavy (non-hydrogen) atoms. The molecule has 1 saturated heterocycles. The molecule has 0 radical (unpaired) electrons. The first-order valence-corrected chi connectivity index (χ1v) is 10.0. The molecule has 3 rings (SSSR count). The molecule has 1 amide bonds. The number of carbonyl (C=O) groups excluding carboxylic acids is 1. The van der Waals surface area contributed by atoms with Gasteiger partial charge < -0.3 is 20.3 Å². The second-order valence-electron chi connectivity index (χ2n) is 6.93. The van der Waals surface area contributed by atoms with Crippen molar-refractivity contribution in [2.45, 2.75) is 25.7 Å². The van der Waals surface area contributed by atoms with Crippen LogP contribution in [-0.2, 0) is 9.53 Å². The highest BCUT2D eigenvalue weighted by atomic mass is 19.1. The van der Waals surface area contributed by atoms with E-state index in [-0.39, 0.29) is 12.2 Å². The summed E-state index contributed by atoms with van der Waals surface area (Å²) in [7, 11) is 0. The van der Waals surface area contributed by atoms with E-state index in [1.54, 1.807) is 5.48 Å². The number of ether oxygens (including phenoxy) is 1. The summed E-state index contributed by atoms with van der Waals surface area (Å²) in [6.45, 7) is 3.73. The van der Waals surface area contributed by atoms with E-state index in [4.69, 9.17) is 9.94 Å². The predicted molar refractivity (Wildman–Crippen MR) is 112 cm³/mol. The van der Waals surface area contributed by atoms with Crippen LogP contribution in [0.5, 0.6) is 0 Å². The van der Waals surface area contributed by atoms with Crippen molar-refractivity contribution in [3.05, 3.63) is 36.3 Å². The molecule has 1 aliphatic rings. The number of aromatic nitrogens is 2. The third-order valence-corrected chi connectivity index (χ3v) is 4.74. The number of nitrogens with zero attached hydrogens (tertiary/aromatic N) is 3. The lowest BCUT2D eigenvalue weighted by Crippen LogP contribution is -2.36. The number of halogens is 1. The van der Waals surface area contributed by atoms with E-state index in [1.165, 1.54) is 0 Å². The van der Waals surface area contributed by atoms with Crippen LogP contribution in [0, 0.1) is 5.82 Å². The number of nitrogens with one attached hydrogen (secondary N) is 3. The Kier molecular flexibility index (Phi) is 8.16. The van der Waals surface area contributed by atoms with E-state index < -0.39 is 11.7 Å². The number of amides is 1. The van der Waals surface area contributed by atoms with Crippen molar-refractivity contribution in [3.63, 3.8) is 0 Å². The molecule has 1 aromatic carbocycles. The van der Waals surface area contributed by atoms with Gasteiger partial charge in [-0.3, -0.25) is 10.0 Å². The average molecular weight is 418 g/mol. The highest BCUT2D eigenvalue weighted by molar-refractivity contribution is 5.74. The molecular formula is C20H27FN6O3. The summed E-state index contributed by atoms with van der Waals surface area (Å²) in [5, 5.41) is 14.5. The van der Waals surface area contributed by atoms with Gasteiger partial charge in [0.15, 0.2) is 11.6 Å². The van der Waals surface area contributed by atoms with Gasteiger partial charge >= 0.3 is 0 Å². The Morgan fingerprint density at radius 3 is 2.67 bits per heavy atom. The van der Waals surface area contributed by atoms with Crippen LogP contribution in [0.1, 0.15) is 25.7 Å². The fraction of sp³-hybridized carbons (Fsp3) is 0.450. The van der Waals surface area contributed by atoms with Crippen LogP contribution in [0.25, 0.3) is 0 Å². The Morgan fingerprint density at radius 1 is 1.17 bits per heavy atom. The van der Waals surface area contributed by atoms with Gasteiger partial charge in [0.1, 0.15) is 0 Å². The van der Waals surface area contributed by atoms with Crippen molar-refractivity contribution < 1.29 is 19.1 Å². The predicted octanol–water partition coefficient (Wildman–Crippen LogP) is 2.67. The fourth-order valence-electron chi connectivity index (χ4n) is 3.11. The smallest absolute Gasteiger partial charge is 0.243 e. The Hall–Kier alpha value is -2.98. The van der Waals surface area contributed by atoms with E-state index in [9.17, 15) is 9.18 Å². The minimum Gasteiger partial charge on any atom is -0.378 e. The molecule has 9 nitrogen and oxygen atoms in total. The van der Waals surface area contributed by atoms with Crippen molar-refractivity contribution in [1.82, 2.24) is 15.4 Å². The van der Waals surface area contributed by atoms with Crippen molar-refractivity contribution in [3.8, 4) is 0 Å². The third-order valence-electron chi connectivity index (χ3n) is 4.74. The minimum atomic E-state index is -0.525. The lowest BCUT2D eigenvalue weighted by atomic mass is 10.2. The number of hydrogen-bond donors (Lipinski definition) is 4. The monoisotopic (exact) mass is 418 g/mol. The maximum Gasteiger partial charge on any atom is 0.243 e. The van der Waals surface area contributed by atoms with E-state index in [2.05, 4.69) is 25.5 Å². The van der Waals surface area contributed by atoms with Gasteiger partial charge in [0.05, 0.1) is 19.4 Å². The van der Waals surface area contributed by atoms with Crippen molar-refractivity contribution in [2.24, 2.45) is 0 Å². The van der Waals surface area contributed by atoms with Gasteiger partial charge in [0.2, 0.25) is 11.9 Å². The Balaban J connectivity index is 1.49. The Morgan fingerprint density at radius 2 is 1.93 bits per heavy atom. The molecule has 0 saturated carbocycles. The minimum absolute atomic E-state index is 0.130. The molecule has 162 valence electrons. The van der Waals surface area contributed by atoms with E-state index in [1.807, 2.05) is 24.3 Å². The van der Waals surface area contributed by atoms with Crippen LogP contribution in [0.4, 0.5) is 27.5 Å². The molecular weight excluding hydrogens is 391 g/mol. The van der Waals surface area contributed by atoms with Crippen LogP contribution in [-0.4, -0.2) is 53.9 Å².